The van der Waals surface area contributed by atoms with Gasteiger partial charge in [-0.1, -0.05) is 44.2 Å². The van der Waals surface area contributed by atoms with E-state index in [-0.39, 0.29) is 6.10 Å². The first-order chi connectivity index (χ1) is 7.09. The highest BCUT2D eigenvalue weighted by atomic mass is 16.3. The Morgan fingerprint density at radius 2 is 1.93 bits per heavy atom. The summed E-state index contributed by atoms with van der Waals surface area (Å²) in [6, 6.07) is 10.4. The Morgan fingerprint density at radius 3 is 2.47 bits per heavy atom. The fourth-order valence-corrected chi connectivity index (χ4v) is 2.33. The van der Waals surface area contributed by atoms with Crippen LogP contribution in [0.2, 0.25) is 0 Å². The molecule has 1 saturated carbocycles. The summed E-state index contributed by atoms with van der Waals surface area (Å²) in [5, 5.41) is 9.99. The number of aryl methyl sites for hydroxylation is 1. The first-order valence-corrected chi connectivity index (χ1v) is 5.81. The highest BCUT2D eigenvalue weighted by molar-refractivity contribution is 5.15. The maximum atomic E-state index is 9.99. The molecule has 15 heavy (non-hydrogen) atoms. The van der Waals surface area contributed by atoms with Crippen LogP contribution in [0.4, 0.5) is 0 Å². The lowest BCUT2D eigenvalue weighted by atomic mass is 10.00. The maximum absolute atomic E-state index is 9.99. The van der Waals surface area contributed by atoms with Crippen LogP contribution in [-0.2, 0) is 6.42 Å². The van der Waals surface area contributed by atoms with Crippen LogP contribution < -0.4 is 0 Å². The lowest BCUT2D eigenvalue weighted by molar-refractivity contribution is 0.127. The van der Waals surface area contributed by atoms with Crippen LogP contribution in [-0.4, -0.2) is 11.2 Å². The topological polar surface area (TPSA) is 20.2 Å². The predicted molar refractivity (Wildman–Crippen MR) is 62.7 cm³/mol. The largest absolute Gasteiger partial charge is 0.393 e. The molecule has 2 rings (SSSR count). The van der Waals surface area contributed by atoms with Gasteiger partial charge in [-0.2, -0.15) is 0 Å². The molecule has 0 amide bonds. The van der Waals surface area contributed by atoms with Crippen LogP contribution >= 0.6 is 0 Å². The summed E-state index contributed by atoms with van der Waals surface area (Å²) in [5.74, 6) is 0.529. The lowest BCUT2D eigenvalue weighted by Gasteiger charge is -2.12. The number of aliphatic hydroxyl groups is 1. The Balaban J connectivity index is 1.80. The lowest BCUT2D eigenvalue weighted by Crippen LogP contribution is -2.14. The van der Waals surface area contributed by atoms with E-state index < -0.39 is 0 Å². The minimum absolute atomic E-state index is 0.111. The second-order valence-corrected chi connectivity index (χ2v) is 5.39. The molecule has 0 aromatic heterocycles. The van der Waals surface area contributed by atoms with Gasteiger partial charge in [0.2, 0.25) is 0 Å². The SMILES string of the molecule is CC1(C)CC1C(O)CCc1ccccc1. The molecular weight excluding hydrogens is 184 g/mol. The van der Waals surface area contributed by atoms with Crippen molar-refractivity contribution in [1.29, 1.82) is 0 Å². The fourth-order valence-electron chi connectivity index (χ4n) is 2.33. The Kier molecular flexibility index (Phi) is 2.83. The van der Waals surface area contributed by atoms with Gasteiger partial charge in [-0.25, -0.2) is 0 Å². The standard InChI is InChI=1S/C14H20O/c1-14(2)10-12(14)13(15)9-8-11-6-4-3-5-7-11/h3-7,12-13,15H,8-10H2,1-2H3. The molecule has 0 saturated heterocycles. The molecule has 1 fully saturated rings. The molecule has 0 aliphatic heterocycles. The average Bonchev–Trinajstić information content (AvgIpc) is 2.86. The highest BCUT2D eigenvalue weighted by Gasteiger charge is 2.49. The zero-order chi connectivity index (χ0) is 10.9. The van der Waals surface area contributed by atoms with E-state index in [1.165, 1.54) is 12.0 Å². The van der Waals surface area contributed by atoms with Crippen LogP contribution in [0.15, 0.2) is 30.3 Å². The molecule has 1 nitrogen and oxygen atoms in total. The predicted octanol–water partition coefficient (Wildman–Crippen LogP) is 3.03. The molecule has 0 bridgehead atoms. The number of benzene rings is 1. The second-order valence-electron chi connectivity index (χ2n) is 5.39. The Morgan fingerprint density at radius 1 is 1.33 bits per heavy atom. The molecule has 0 radical (unpaired) electrons. The summed E-state index contributed by atoms with van der Waals surface area (Å²) >= 11 is 0. The number of hydrogen-bond acceptors (Lipinski definition) is 1. The molecule has 0 heterocycles. The summed E-state index contributed by atoms with van der Waals surface area (Å²) in [5.41, 5.74) is 1.71. The third-order valence-electron chi connectivity index (χ3n) is 3.63. The van der Waals surface area contributed by atoms with Gasteiger partial charge in [0.05, 0.1) is 6.10 Å². The van der Waals surface area contributed by atoms with Crippen LogP contribution in [0.1, 0.15) is 32.3 Å². The Labute approximate surface area is 92.1 Å². The summed E-state index contributed by atoms with van der Waals surface area (Å²) in [7, 11) is 0. The van der Waals surface area contributed by atoms with E-state index in [9.17, 15) is 5.11 Å². The average molecular weight is 204 g/mol. The summed E-state index contributed by atoms with van der Waals surface area (Å²) in [6.07, 6.45) is 2.97. The minimum atomic E-state index is -0.111. The van der Waals surface area contributed by atoms with Crippen molar-refractivity contribution in [2.24, 2.45) is 11.3 Å². The van der Waals surface area contributed by atoms with E-state index in [0.29, 0.717) is 11.3 Å². The third kappa shape index (κ3) is 2.60. The van der Waals surface area contributed by atoms with Gasteiger partial charge in [-0.15, -0.1) is 0 Å². The van der Waals surface area contributed by atoms with E-state index in [0.717, 1.165) is 12.8 Å². The van der Waals surface area contributed by atoms with Crippen LogP contribution in [0.25, 0.3) is 0 Å². The van der Waals surface area contributed by atoms with Crippen LogP contribution in [0.3, 0.4) is 0 Å². The van der Waals surface area contributed by atoms with E-state index >= 15 is 0 Å². The van der Waals surface area contributed by atoms with Gasteiger partial charge in [0.1, 0.15) is 0 Å². The Bertz CT molecular complexity index is 315. The van der Waals surface area contributed by atoms with Gasteiger partial charge in [0.15, 0.2) is 0 Å². The van der Waals surface area contributed by atoms with Gasteiger partial charge >= 0.3 is 0 Å². The van der Waals surface area contributed by atoms with Gasteiger partial charge in [-0.05, 0) is 36.2 Å². The van der Waals surface area contributed by atoms with Crippen molar-refractivity contribution in [3.8, 4) is 0 Å². The molecule has 1 aromatic rings. The molecule has 2 atom stereocenters. The number of aliphatic hydroxyl groups excluding tert-OH is 1. The van der Waals surface area contributed by atoms with Crippen molar-refractivity contribution in [3.63, 3.8) is 0 Å². The molecule has 0 spiro atoms. The van der Waals surface area contributed by atoms with Crippen molar-refractivity contribution in [3.05, 3.63) is 35.9 Å². The molecule has 1 heteroatoms. The van der Waals surface area contributed by atoms with Crippen LogP contribution in [0, 0.1) is 11.3 Å². The Hall–Kier alpha value is -0.820. The highest BCUT2D eigenvalue weighted by Crippen LogP contribution is 2.54. The van der Waals surface area contributed by atoms with Gasteiger partial charge in [-0.3, -0.25) is 0 Å². The van der Waals surface area contributed by atoms with Crippen molar-refractivity contribution in [2.75, 3.05) is 0 Å². The first-order valence-electron chi connectivity index (χ1n) is 5.81. The molecule has 1 aromatic carbocycles. The van der Waals surface area contributed by atoms with Gasteiger partial charge in [0.25, 0.3) is 0 Å². The summed E-state index contributed by atoms with van der Waals surface area (Å²) < 4.78 is 0. The van der Waals surface area contributed by atoms with Gasteiger partial charge < -0.3 is 5.11 Å². The molecule has 82 valence electrons. The normalized spacial score (nSPS) is 24.9. The molecular formula is C14H20O. The van der Waals surface area contributed by atoms with Crippen molar-refractivity contribution < 1.29 is 5.11 Å². The van der Waals surface area contributed by atoms with Gasteiger partial charge in [0, 0.05) is 0 Å². The zero-order valence-corrected chi connectivity index (χ0v) is 9.61. The van der Waals surface area contributed by atoms with Crippen molar-refractivity contribution in [2.45, 2.75) is 39.2 Å². The molecule has 1 aliphatic rings. The van der Waals surface area contributed by atoms with E-state index in [2.05, 4.69) is 38.1 Å². The third-order valence-corrected chi connectivity index (χ3v) is 3.63. The molecule has 2 unspecified atom stereocenters. The number of rotatable bonds is 4. The quantitative estimate of drug-likeness (QED) is 0.799. The molecule has 1 N–H and O–H groups in total. The number of hydrogen-bond donors (Lipinski definition) is 1. The smallest absolute Gasteiger partial charge is 0.0576 e. The zero-order valence-electron chi connectivity index (χ0n) is 9.61. The summed E-state index contributed by atoms with van der Waals surface area (Å²) in [4.78, 5) is 0. The fraction of sp³-hybridized carbons (Fsp3) is 0.571. The minimum Gasteiger partial charge on any atom is -0.393 e. The monoisotopic (exact) mass is 204 g/mol. The van der Waals surface area contributed by atoms with Crippen molar-refractivity contribution >= 4 is 0 Å². The van der Waals surface area contributed by atoms with Crippen LogP contribution in [0.5, 0.6) is 0 Å². The first kappa shape index (κ1) is 10.7. The maximum Gasteiger partial charge on any atom is 0.0576 e. The van der Waals surface area contributed by atoms with E-state index in [4.69, 9.17) is 0 Å². The van der Waals surface area contributed by atoms with E-state index in [1.54, 1.807) is 0 Å². The van der Waals surface area contributed by atoms with E-state index in [1.807, 2.05) is 6.07 Å². The second kappa shape index (κ2) is 3.97. The summed E-state index contributed by atoms with van der Waals surface area (Å²) in [6.45, 7) is 4.48. The van der Waals surface area contributed by atoms with Crippen molar-refractivity contribution in [1.82, 2.24) is 0 Å². The molecule has 1 aliphatic carbocycles.